The predicted octanol–water partition coefficient (Wildman–Crippen LogP) is 1.30. The lowest BCUT2D eigenvalue weighted by Crippen LogP contribution is -2.31. The van der Waals surface area contributed by atoms with Crippen molar-refractivity contribution in [3.63, 3.8) is 0 Å². The highest BCUT2D eigenvalue weighted by molar-refractivity contribution is 7.09. The summed E-state index contributed by atoms with van der Waals surface area (Å²) >= 11 is 1.61. The van der Waals surface area contributed by atoms with Gasteiger partial charge in [0.2, 0.25) is 0 Å². The van der Waals surface area contributed by atoms with Crippen LogP contribution in [0.3, 0.4) is 0 Å². The van der Waals surface area contributed by atoms with Crippen LogP contribution in [-0.4, -0.2) is 14.5 Å². The van der Waals surface area contributed by atoms with E-state index in [0.717, 1.165) is 23.5 Å². The molecule has 0 aliphatic carbocycles. The molecule has 1 N–H and O–H groups in total. The minimum absolute atomic E-state index is 0.332. The van der Waals surface area contributed by atoms with Gasteiger partial charge in [0.1, 0.15) is 0 Å². The summed E-state index contributed by atoms with van der Waals surface area (Å²) < 4.78 is 1.47. The van der Waals surface area contributed by atoms with Crippen molar-refractivity contribution in [2.75, 3.05) is 0 Å². The molecule has 0 saturated heterocycles. The average molecular weight is 265 g/mol. The quantitative estimate of drug-likeness (QED) is 0.906. The summed E-state index contributed by atoms with van der Waals surface area (Å²) in [6.45, 7) is 4.19. The van der Waals surface area contributed by atoms with Crippen molar-refractivity contribution >= 4 is 11.3 Å². The van der Waals surface area contributed by atoms with Crippen LogP contribution in [0.5, 0.6) is 0 Å². The van der Waals surface area contributed by atoms with E-state index in [9.17, 15) is 9.59 Å². The summed E-state index contributed by atoms with van der Waals surface area (Å²) in [6, 6.07) is 0. The van der Waals surface area contributed by atoms with Gasteiger partial charge in [0, 0.05) is 17.1 Å². The third-order valence-electron chi connectivity index (χ3n) is 2.58. The number of hydrogen-bond donors (Lipinski definition) is 1. The molecule has 0 fully saturated rings. The van der Waals surface area contributed by atoms with Crippen molar-refractivity contribution in [2.24, 2.45) is 0 Å². The highest BCUT2D eigenvalue weighted by atomic mass is 32.1. The Kier molecular flexibility index (Phi) is 3.76. The third-order valence-corrected chi connectivity index (χ3v) is 3.54. The van der Waals surface area contributed by atoms with Crippen LogP contribution < -0.4 is 11.2 Å². The first-order chi connectivity index (χ1) is 8.60. The predicted molar refractivity (Wildman–Crippen MR) is 71.3 cm³/mol. The molecule has 0 atom stereocenters. The molecule has 0 radical (unpaired) electrons. The number of nitrogens with one attached hydrogen (secondary N) is 1. The molecule has 0 spiro atoms. The molecule has 0 saturated carbocycles. The highest BCUT2D eigenvalue weighted by Gasteiger charge is 2.05. The summed E-state index contributed by atoms with van der Waals surface area (Å²) in [5.41, 5.74) is 0.660. The van der Waals surface area contributed by atoms with Crippen LogP contribution in [0.25, 0.3) is 0 Å². The number of H-pyrrole nitrogens is 1. The molecule has 2 aromatic heterocycles. The Morgan fingerprint density at radius 1 is 1.44 bits per heavy atom. The molecule has 5 nitrogen and oxygen atoms in total. The largest absolute Gasteiger partial charge is 0.328 e. The van der Waals surface area contributed by atoms with Crippen LogP contribution in [0.15, 0.2) is 21.2 Å². The van der Waals surface area contributed by atoms with E-state index in [1.807, 2.05) is 5.38 Å². The molecule has 2 rings (SSSR count). The topological polar surface area (TPSA) is 67.8 Å². The summed E-state index contributed by atoms with van der Waals surface area (Å²) in [7, 11) is 0. The molecular weight excluding hydrogens is 250 g/mol. The van der Waals surface area contributed by atoms with Gasteiger partial charge in [-0.3, -0.25) is 14.3 Å². The zero-order chi connectivity index (χ0) is 13.1. The maximum atomic E-state index is 11.6. The van der Waals surface area contributed by atoms with Crippen molar-refractivity contribution in [2.45, 2.75) is 33.2 Å². The summed E-state index contributed by atoms with van der Waals surface area (Å²) in [5.74, 6) is 0. The molecule has 2 heterocycles. The van der Waals surface area contributed by atoms with Crippen molar-refractivity contribution < 1.29 is 0 Å². The summed E-state index contributed by atoms with van der Waals surface area (Å²) in [5, 5.41) is 3.04. The molecule has 0 bridgehead atoms. The second-order valence-corrected chi connectivity index (χ2v) is 5.12. The maximum absolute atomic E-state index is 11.6. The van der Waals surface area contributed by atoms with Crippen LogP contribution in [0.1, 0.15) is 29.6 Å². The Hall–Kier alpha value is -1.69. The van der Waals surface area contributed by atoms with Crippen LogP contribution in [-0.2, 0) is 13.0 Å². The number of aromatic amines is 1. The average Bonchev–Trinajstić information content (AvgIpc) is 2.74. The van der Waals surface area contributed by atoms with Gasteiger partial charge < -0.3 is 0 Å². The molecule has 6 heteroatoms. The lowest BCUT2D eigenvalue weighted by atomic mass is 10.3. The van der Waals surface area contributed by atoms with Crippen LogP contribution in [0, 0.1) is 6.92 Å². The van der Waals surface area contributed by atoms with Gasteiger partial charge in [-0.05, 0) is 19.8 Å². The Morgan fingerprint density at radius 2 is 2.22 bits per heavy atom. The number of nitrogens with zero attached hydrogens (tertiary/aromatic N) is 2. The molecule has 18 heavy (non-hydrogen) atoms. The van der Waals surface area contributed by atoms with Crippen molar-refractivity contribution in [3.05, 3.63) is 48.7 Å². The third kappa shape index (κ3) is 2.76. The maximum Gasteiger partial charge on any atom is 0.328 e. The molecule has 2 aromatic rings. The van der Waals surface area contributed by atoms with E-state index in [2.05, 4.69) is 16.9 Å². The van der Waals surface area contributed by atoms with E-state index in [1.165, 1.54) is 4.57 Å². The Bertz CT molecular complexity index is 654. The fraction of sp³-hybridized carbons (Fsp3) is 0.417. The van der Waals surface area contributed by atoms with Gasteiger partial charge in [0.15, 0.2) is 0 Å². The first-order valence-corrected chi connectivity index (χ1v) is 6.71. The number of hydrogen-bond acceptors (Lipinski definition) is 4. The number of rotatable bonds is 4. The standard InChI is InChI=1S/C12H15N3O2S/c1-3-4-10-13-9(7-18-10)6-15-5-8(2)11(16)14-12(15)17/h5,7H,3-4,6H2,1-2H3,(H,14,16,17). The van der Waals surface area contributed by atoms with Gasteiger partial charge in [0.05, 0.1) is 17.2 Å². The molecule has 0 aliphatic rings. The first-order valence-electron chi connectivity index (χ1n) is 5.83. The minimum atomic E-state index is -0.393. The SMILES string of the molecule is CCCc1nc(Cn2cc(C)c(=O)[nH]c2=O)cs1. The number of aromatic nitrogens is 3. The van der Waals surface area contributed by atoms with Gasteiger partial charge in [-0.1, -0.05) is 6.92 Å². The van der Waals surface area contributed by atoms with E-state index in [1.54, 1.807) is 24.5 Å². The Balaban J connectivity index is 2.25. The van der Waals surface area contributed by atoms with Crippen molar-refractivity contribution in [1.82, 2.24) is 14.5 Å². The van der Waals surface area contributed by atoms with Gasteiger partial charge in [-0.2, -0.15) is 0 Å². The van der Waals surface area contributed by atoms with Gasteiger partial charge in [0.25, 0.3) is 5.56 Å². The fourth-order valence-electron chi connectivity index (χ4n) is 1.66. The molecule has 0 aliphatic heterocycles. The van der Waals surface area contributed by atoms with Crippen LogP contribution in [0.4, 0.5) is 0 Å². The Morgan fingerprint density at radius 3 is 2.94 bits per heavy atom. The lowest BCUT2D eigenvalue weighted by molar-refractivity contribution is 0.699. The van der Waals surface area contributed by atoms with E-state index in [4.69, 9.17) is 0 Å². The Labute approximate surface area is 108 Å². The molecule has 0 amide bonds. The normalized spacial score (nSPS) is 10.8. The van der Waals surface area contributed by atoms with E-state index < -0.39 is 5.69 Å². The van der Waals surface area contributed by atoms with Gasteiger partial charge in [-0.15, -0.1) is 11.3 Å². The zero-order valence-corrected chi connectivity index (χ0v) is 11.2. The monoisotopic (exact) mass is 265 g/mol. The number of thiazole rings is 1. The minimum Gasteiger partial charge on any atom is -0.294 e. The van der Waals surface area contributed by atoms with E-state index >= 15 is 0 Å². The van der Waals surface area contributed by atoms with E-state index in [-0.39, 0.29) is 5.56 Å². The smallest absolute Gasteiger partial charge is 0.294 e. The molecule has 0 aromatic carbocycles. The molecule has 96 valence electrons. The van der Waals surface area contributed by atoms with Crippen LogP contribution in [0.2, 0.25) is 0 Å². The van der Waals surface area contributed by atoms with Gasteiger partial charge in [-0.25, -0.2) is 9.78 Å². The van der Waals surface area contributed by atoms with E-state index in [0.29, 0.717) is 12.1 Å². The summed E-state index contributed by atoms with van der Waals surface area (Å²) in [6.07, 6.45) is 3.59. The van der Waals surface area contributed by atoms with Crippen molar-refractivity contribution in [1.29, 1.82) is 0 Å². The van der Waals surface area contributed by atoms with Crippen LogP contribution >= 0.6 is 11.3 Å². The lowest BCUT2D eigenvalue weighted by Gasteiger charge is -2.03. The molecule has 0 unspecified atom stereocenters. The van der Waals surface area contributed by atoms with Crippen molar-refractivity contribution in [3.8, 4) is 0 Å². The number of aryl methyl sites for hydroxylation is 2. The fourth-order valence-corrected chi connectivity index (χ4v) is 2.55. The first kappa shape index (κ1) is 12.8. The van der Waals surface area contributed by atoms with Gasteiger partial charge >= 0.3 is 5.69 Å². The molecular formula is C12H15N3O2S. The second-order valence-electron chi connectivity index (χ2n) is 4.18. The second kappa shape index (κ2) is 5.30. The highest BCUT2D eigenvalue weighted by Crippen LogP contribution is 2.12. The summed E-state index contributed by atoms with van der Waals surface area (Å²) in [4.78, 5) is 29.6. The zero-order valence-electron chi connectivity index (χ0n) is 10.4.